The summed E-state index contributed by atoms with van der Waals surface area (Å²) in [5.74, 6) is 1.34. The van der Waals surface area contributed by atoms with Crippen molar-refractivity contribution in [3.63, 3.8) is 0 Å². The molecule has 1 saturated heterocycles. The second kappa shape index (κ2) is 7.78. The summed E-state index contributed by atoms with van der Waals surface area (Å²) in [6.07, 6.45) is 7.45. The molecule has 6 nitrogen and oxygen atoms in total. The summed E-state index contributed by atoms with van der Waals surface area (Å²) in [5.41, 5.74) is 2.11. The van der Waals surface area contributed by atoms with Gasteiger partial charge < -0.3 is 4.90 Å². The van der Waals surface area contributed by atoms with E-state index < -0.39 is 0 Å². The summed E-state index contributed by atoms with van der Waals surface area (Å²) in [6.45, 7) is 2.96. The van der Waals surface area contributed by atoms with Crippen LogP contribution in [0.4, 0.5) is 0 Å². The highest BCUT2D eigenvalue weighted by Crippen LogP contribution is 2.35. The Morgan fingerprint density at radius 2 is 1.92 bits per heavy atom. The van der Waals surface area contributed by atoms with Gasteiger partial charge in [0.05, 0.1) is 11.4 Å². The monoisotopic (exact) mass is 371 g/mol. The van der Waals surface area contributed by atoms with Crippen molar-refractivity contribution in [2.75, 3.05) is 12.3 Å². The first kappa shape index (κ1) is 17.5. The van der Waals surface area contributed by atoms with Crippen molar-refractivity contribution in [1.82, 2.24) is 25.1 Å². The molecule has 0 spiro atoms. The van der Waals surface area contributed by atoms with Gasteiger partial charge in [-0.05, 0) is 61.1 Å². The molecular formula is C19H25N5OS. The fraction of sp³-hybridized carbons (Fsp3) is 0.579. The summed E-state index contributed by atoms with van der Waals surface area (Å²) >= 11 is 1.43. The molecule has 0 unspecified atom stereocenters. The average Bonchev–Trinajstić information content (AvgIpc) is 3.15. The number of rotatable bonds is 4. The predicted octanol–water partition coefficient (Wildman–Crippen LogP) is 3.24. The number of hydrogen-bond acceptors (Lipinski definition) is 5. The van der Waals surface area contributed by atoms with Gasteiger partial charge in [-0.2, -0.15) is 4.68 Å². The van der Waals surface area contributed by atoms with Gasteiger partial charge in [0.2, 0.25) is 11.1 Å². The molecule has 4 rings (SSSR count). The van der Waals surface area contributed by atoms with E-state index in [1.54, 1.807) is 4.68 Å². The molecule has 1 saturated carbocycles. The minimum atomic E-state index is 0.227. The zero-order valence-corrected chi connectivity index (χ0v) is 16.0. The van der Waals surface area contributed by atoms with E-state index in [-0.39, 0.29) is 5.91 Å². The Morgan fingerprint density at radius 3 is 2.77 bits per heavy atom. The van der Waals surface area contributed by atoms with Crippen molar-refractivity contribution in [3.05, 3.63) is 29.8 Å². The molecule has 0 radical (unpaired) electrons. The highest BCUT2D eigenvalue weighted by molar-refractivity contribution is 7.99. The van der Waals surface area contributed by atoms with Crippen LogP contribution in [-0.4, -0.2) is 49.4 Å². The number of likely N-dealkylation sites (tertiary alicyclic amines) is 1. The molecule has 2 heterocycles. The van der Waals surface area contributed by atoms with Gasteiger partial charge in [0, 0.05) is 12.6 Å². The van der Waals surface area contributed by atoms with Gasteiger partial charge in [0.25, 0.3) is 0 Å². The fourth-order valence-corrected chi connectivity index (χ4v) is 5.04. The number of benzene rings is 1. The first-order valence-corrected chi connectivity index (χ1v) is 10.5. The summed E-state index contributed by atoms with van der Waals surface area (Å²) in [5, 5.41) is 12.6. The maximum atomic E-state index is 12.9. The molecule has 1 aliphatic carbocycles. The lowest BCUT2D eigenvalue weighted by Gasteiger charge is -2.44. The molecule has 1 aromatic heterocycles. The van der Waals surface area contributed by atoms with Crippen molar-refractivity contribution in [2.24, 2.45) is 5.92 Å². The fourth-order valence-electron chi connectivity index (χ4n) is 4.26. The Kier molecular flexibility index (Phi) is 5.24. The van der Waals surface area contributed by atoms with Crippen LogP contribution in [0.3, 0.4) is 0 Å². The van der Waals surface area contributed by atoms with E-state index in [4.69, 9.17) is 0 Å². The zero-order valence-electron chi connectivity index (χ0n) is 15.2. The molecule has 1 amide bonds. The van der Waals surface area contributed by atoms with Crippen LogP contribution in [0.1, 0.15) is 44.1 Å². The third kappa shape index (κ3) is 3.63. The van der Waals surface area contributed by atoms with E-state index in [1.807, 2.05) is 24.3 Å². The van der Waals surface area contributed by atoms with E-state index in [9.17, 15) is 4.79 Å². The normalized spacial score (nSPS) is 22.9. The first-order chi connectivity index (χ1) is 12.7. The summed E-state index contributed by atoms with van der Waals surface area (Å²) in [7, 11) is 0. The Hall–Kier alpha value is -1.89. The van der Waals surface area contributed by atoms with Crippen LogP contribution < -0.4 is 0 Å². The predicted molar refractivity (Wildman–Crippen MR) is 101 cm³/mol. The maximum absolute atomic E-state index is 12.9. The average molecular weight is 372 g/mol. The Bertz CT molecular complexity index is 758. The van der Waals surface area contributed by atoms with Crippen LogP contribution in [-0.2, 0) is 4.79 Å². The molecule has 7 heteroatoms. The van der Waals surface area contributed by atoms with Crippen molar-refractivity contribution < 1.29 is 4.79 Å². The molecular weight excluding hydrogens is 346 g/mol. The van der Waals surface area contributed by atoms with Gasteiger partial charge in [-0.1, -0.05) is 42.3 Å². The van der Waals surface area contributed by atoms with Crippen LogP contribution in [0, 0.1) is 12.8 Å². The van der Waals surface area contributed by atoms with E-state index in [0.717, 1.165) is 18.7 Å². The molecule has 1 aliphatic heterocycles. The number of tetrazole rings is 1. The van der Waals surface area contributed by atoms with Gasteiger partial charge in [-0.15, -0.1) is 5.10 Å². The topological polar surface area (TPSA) is 63.9 Å². The Balaban J connectivity index is 1.42. The lowest BCUT2D eigenvalue weighted by molar-refractivity contribution is -0.134. The molecule has 0 bridgehead atoms. The number of aryl methyl sites for hydroxylation is 1. The van der Waals surface area contributed by atoms with Crippen molar-refractivity contribution in [3.8, 4) is 5.69 Å². The van der Waals surface area contributed by atoms with E-state index in [0.29, 0.717) is 22.9 Å². The highest BCUT2D eigenvalue weighted by Gasteiger charge is 2.35. The number of nitrogens with zero attached hydrogens (tertiary/aromatic N) is 5. The lowest BCUT2D eigenvalue weighted by atomic mass is 9.78. The molecule has 26 heavy (non-hydrogen) atoms. The van der Waals surface area contributed by atoms with Crippen LogP contribution in [0.25, 0.3) is 5.69 Å². The summed E-state index contributed by atoms with van der Waals surface area (Å²) in [6, 6.07) is 8.52. The smallest absolute Gasteiger partial charge is 0.233 e. The minimum absolute atomic E-state index is 0.227. The number of aromatic nitrogens is 4. The second-order valence-electron chi connectivity index (χ2n) is 7.34. The van der Waals surface area contributed by atoms with Gasteiger partial charge >= 0.3 is 0 Å². The Labute approximate surface area is 158 Å². The molecule has 2 aromatic rings. The molecule has 1 aromatic carbocycles. The number of thioether (sulfide) groups is 1. The van der Waals surface area contributed by atoms with Gasteiger partial charge in [0.1, 0.15) is 0 Å². The Morgan fingerprint density at radius 1 is 1.15 bits per heavy atom. The largest absolute Gasteiger partial charge is 0.339 e. The zero-order chi connectivity index (χ0) is 17.9. The van der Waals surface area contributed by atoms with Crippen LogP contribution in [0.15, 0.2) is 29.4 Å². The van der Waals surface area contributed by atoms with Crippen LogP contribution >= 0.6 is 11.8 Å². The minimum Gasteiger partial charge on any atom is -0.339 e. The quantitative estimate of drug-likeness (QED) is 0.772. The van der Waals surface area contributed by atoms with Crippen molar-refractivity contribution in [2.45, 2.75) is 56.6 Å². The molecule has 2 atom stereocenters. The second-order valence-corrected chi connectivity index (χ2v) is 8.28. The summed E-state index contributed by atoms with van der Waals surface area (Å²) < 4.78 is 1.71. The molecule has 0 N–H and O–H groups in total. The van der Waals surface area contributed by atoms with E-state index in [2.05, 4.69) is 27.3 Å². The SMILES string of the molecule is Cc1ccc(-n2nnnc2SCC(=O)N2CCC[C@H]3CCCC[C@@H]32)cc1. The number of hydrogen-bond donors (Lipinski definition) is 0. The lowest BCUT2D eigenvalue weighted by Crippen LogP contribution is -2.50. The number of piperidine rings is 1. The molecule has 2 fully saturated rings. The van der Waals surface area contributed by atoms with E-state index in [1.165, 1.54) is 49.4 Å². The molecule has 2 aliphatic rings. The number of amides is 1. The number of carbonyl (C=O) groups is 1. The van der Waals surface area contributed by atoms with E-state index >= 15 is 0 Å². The molecule has 138 valence electrons. The van der Waals surface area contributed by atoms with Crippen molar-refractivity contribution in [1.29, 1.82) is 0 Å². The highest BCUT2D eigenvalue weighted by atomic mass is 32.2. The van der Waals surface area contributed by atoms with Crippen LogP contribution in [0.5, 0.6) is 0 Å². The number of fused-ring (bicyclic) bond motifs is 1. The third-order valence-corrected chi connectivity index (χ3v) is 6.51. The summed E-state index contributed by atoms with van der Waals surface area (Å²) in [4.78, 5) is 15.0. The third-order valence-electron chi connectivity index (χ3n) is 5.61. The number of carbonyl (C=O) groups excluding carboxylic acids is 1. The standard InChI is InChI=1S/C19H25N5OS/c1-14-8-10-16(11-9-14)24-19(20-21-22-24)26-13-18(25)23-12-4-6-15-5-2-3-7-17(15)23/h8-11,15,17H,2-7,12-13H2,1H3/t15-,17+/m1/s1. The van der Waals surface area contributed by atoms with Crippen molar-refractivity contribution >= 4 is 17.7 Å². The van der Waals surface area contributed by atoms with Gasteiger partial charge in [-0.25, -0.2) is 0 Å². The van der Waals surface area contributed by atoms with Gasteiger partial charge in [0.15, 0.2) is 0 Å². The van der Waals surface area contributed by atoms with Gasteiger partial charge in [-0.3, -0.25) is 4.79 Å². The maximum Gasteiger partial charge on any atom is 0.233 e. The first-order valence-electron chi connectivity index (χ1n) is 9.50. The van der Waals surface area contributed by atoms with Crippen LogP contribution in [0.2, 0.25) is 0 Å².